The third-order valence-corrected chi connectivity index (χ3v) is 3.30. The van der Waals surface area contributed by atoms with Crippen molar-refractivity contribution in [3.63, 3.8) is 0 Å². The molecule has 1 heterocycles. The summed E-state index contributed by atoms with van der Waals surface area (Å²) in [6, 6.07) is 3.31. The first-order valence-corrected chi connectivity index (χ1v) is 6.20. The van der Waals surface area contributed by atoms with Crippen molar-refractivity contribution in [3.05, 3.63) is 39.8 Å². The number of nitrogens with zero attached hydrogens (tertiary/aromatic N) is 2. The summed E-state index contributed by atoms with van der Waals surface area (Å²) in [5, 5.41) is 6.55. The van der Waals surface area contributed by atoms with E-state index in [1.807, 2.05) is 0 Å². The van der Waals surface area contributed by atoms with E-state index in [4.69, 9.17) is 23.2 Å². The summed E-state index contributed by atoms with van der Waals surface area (Å²) in [7, 11) is 1.65. The van der Waals surface area contributed by atoms with Gasteiger partial charge < -0.3 is 10.6 Å². The van der Waals surface area contributed by atoms with Crippen molar-refractivity contribution in [2.24, 2.45) is 0 Å². The molecule has 0 saturated heterocycles. The molecule has 0 bridgehead atoms. The quantitative estimate of drug-likeness (QED) is 0.899. The van der Waals surface area contributed by atoms with Gasteiger partial charge in [-0.1, -0.05) is 23.2 Å². The Morgan fingerprint density at radius 1 is 1.21 bits per heavy atom. The van der Waals surface area contributed by atoms with Crippen LogP contribution in [0.15, 0.2) is 18.3 Å². The first-order valence-electron chi connectivity index (χ1n) is 5.44. The van der Waals surface area contributed by atoms with Gasteiger partial charge in [-0.05, 0) is 24.6 Å². The molecule has 2 N–H and O–H groups in total. The molecular weight excluding hydrogens is 290 g/mol. The molecule has 2 rings (SSSR count). The van der Waals surface area contributed by atoms with E-state index >= 15 is 0 Å². The highest BCUT2D eigenvalue weighted by atomic mass is 35.5. The van der Waals surface area contributed by atoms with Crippen LogP contribution in [0.1, 0.15) is 5.56 Å². The van der Waals surface area contributed by atoms with Crippen molar-refractivity contribution in [1.29, 1.82) is 0 Å². The summed E-state index contributed by atoms with van der Waals surface area (Å²) in [5.74, 6) is -0.199. The second-order valence-electron chi connectivity index (χ2n) is 3.83. The van der Waals surface area contributed by atoms with Gasteiger partial charge in [0.15, 0.2) is 11.6 Å². The maximum absolute atomic E-state index is 13.6. The number of nitrogens with one attached hydrogen (secondary N) is 2. The van der Waals surface area contributed by atoms with Crippen molar-refractivity contribution in [2.75, 3.05) is 17.7 Å². The highest BCUT2D eigenvalue weighted by molar-refractivity contribution is 6.36. The van der Waals surface area contributed by atoms with Crippen molar-refractivity contribution in [2.45, 2.75) is 6.92 Å². The number of hydrogen-bond donors (Lipinski definition) is 2. The van der Waals surface area contributed by atoms with Gasteiger partial charge >= 0.3 is 0 Å². The van der Waals surface area contributed by atoms with E-state index in [9.17, 15) is 4.39 Å². The van der Waals surface area contributed by atoms with E-state index in [2.05, 4.69) is 20.6 Å². The zero-order valence-corrected chi connectivity index (χ0v) is 11.8. The number of rotatable bonds is 3. The van der Waals surface area contributed by atoms with Crippen LogP contribution in [-0.4, -0.2) is 17.0 Å². The molecule has 100 valence electrons. The van der Waals surface area contributed by atoms with Crippen LogP contribution in [0.4, 0.5) is 21.8 Å². The summed E-state index contributed by atoms with van der Waals surface area (Å²) in [5.41, 5.74) is 1.33. The van der Waals surface area contributed by atoms with E-state index < -0.39 is 5.82 Å². The topological polar surface area (TPSA) is 49.8 Å². The Kier molecular flexibility index (Phi) is 4.07. The van der Waals surface area contributed by atoms with Crippen LogP contribution in [0.25, 0.3) is 0 Å². The standard InChI is InChI=1S/C12H11Cl2FN4/c1-6-8(13)3-7(4-9(6)14)18-11-10(15)5-17-12(16-2)19-11/h3-5H,1-2H3,(H2,16,17,18,19). The molecule has 0 aliphatic heterocycles. The summed E-state index contributed by atoms with van der Waals surface area (Å²) >= 11 is 12.0. The van der Waals surface area contributed by atoms with E-state index in [0.29, 0.717) is 21.7 Å². The van der Waals surface area contributed by atoms with Gasteiger partial charge in [-0.15, -0.1) is 0 Å². The zero-order chi connectivity index (χ0) is 14.0. The number of benzene rings is 1. The van der Waals surface area contributed by atoms with Gasteiger partial charge in [0.2, 0.25) is 5.95 Å². The average Bonchev–Trinajstić information content (AvgIpc) is 2.38. The fourth-order valence-electron chi connectivity index (χ4n) is 1.43. The molecule has 0 aliphatic carbocycles. The van der Waals surface area contributed by atoms with Crippen LogP contribution >= 0.6 is 23.2 Å². The summed E-state index contributed by atoms with van der Waals surface area (Å²) in [4.78, 5) is 7.73. The van der Waals surface area contributed by atoms with Crippen molar-refractivity contribution in [3.8, 4) is 0 Å². The SMILES string of the molecule is CNc1ncc(F)c(Nc2cc(Cl)c(C)c(Cl)c2)n1. The molecule has 19 heavy (non-hydrogen) atoms. The molecule has 0 saturated carbocycles. The molecule has 0 unspecified atom stereocenters. The monoisotopic (exact) mass is 300 g/mol. The predicted octanol–water partition coefficient (Wildman–Crippen LogP) is 4.02. The minimum Gasteiger partial charge on any atom is -0.357 e. The molecule has 0 atom stereocenters. The molecule has 0 fully saturated rings. The highest BCUT2D eigenvalue weighted by Crippen LogP contribution is 2.29. The minimum absolute atomic E-state index is 0.0512. The lowest BCUT2D eigenvalue weighted by atomic mass is 10.2. The molecule has 4 nitrogen and oxygen atoms in total. The van der Waals surface area contributed by atoms with Crippen LogP contribution in [0, 0.1) is 12.7 Å². The molecule has 0 spiro atoms. The molecular formula is C12H11Cl2FN4. The maximum atomic E-state index is 13.6. The molecule has 2 aromatic rings. The Bertz CT molecular complexity index is 596. The number of aromatic nitrogens is 2. The van der Waals surface area contributed by atoms with Crippen LogP contribution < -0.4 is 10.6 Å². The third kappa shape index (κ3) is 3.05. The Morgan fingerprint density at radius 2 is 1.84 bits per heavy atom. The normalized spacial score (nSPS) is 10.4. The van der Waals surface area contributed by atoms with E-state index in [1.165, 1.54) is 0 Å². The second-order valence-corrected chi connectivity index (χ2v) is 4.64. The lowest BCUT2D eigenvalue weighted by molar-refractivity contribution is 0.619. The number of hydrogen-bond acceptors (Lipinski definition) is 4. The third-order valence-electron chi connectivity index (χ3n) is 2.51. The first-order chi connectivity index (χ1) is 9.01. The number of anilines is 3. The van der Waals surface area contributed by atoms with Gasteiger partial charge in [-0.3, -0.25) is 0 Å². The fraction of sp³-hybridized carbons (Fsp3) is 0.167. The van der Waals surface area contributed by atoms with Gasteiger partial charge in [0.1, 0.15) is 0 Å². The van der Waals surface area contributed by atoms with E-state index in [-0.39, 0.29) is 5.82 Å². The minimum atomic E-state index is -0.563. The van der Waals surface area contributed by atoms with Crippen molar-refractivity contribution >= 4 is 40.7 Å². The van der Waals surface area contributed by atoms with Crippen LogP contribution in [-0.2, 0) is 0 Å². The number of halogens is 3. The molecule has 0 radical (unpaired) electrons. The molecule has 0 amide bonds. The Hall–Kier alpha value is -1.59. The van der Waals surface area contributed by atoms with Crippen molar-refractivity contribution < 1.29 is 4.39 Å². The van der Waals surface area contributed by atoms with Gasteiger partial charge in [0.05, 0.1) is 6.20 Å². The average molecular weight is 301 g/mol. The Morgan fingerprint density at radius 3 is 2.42 bits per heavy atom. The maximum Gasteiger partial charge on any atom is 0.224 e. The first kappa shape index (κ1) is 13.8. The smallest absolute Gasteiger partial charge is 0.224 e. The molecule has 0 aliphatic rings. The summed E-state index contributed by atoms with van der Waals surface area (Å²) in [6.07, 6.45) is 1.08. The predicted molar refractivity (Wildman–Crippen MR) is 76.0 cm³/mol. The lowest BCUT2D eigenvalue weighted by Crippen LogP contribution is -2.03. The van der Waals surface area contributed by atoms with Gasteiger partial charge in [0.25, 0.3) is 0 Å². The van der Waals surface area contributed by atoms with E-state index in [0.717, 1.165) is 11.8 Å². The summed E-state index contributed by atoms with van der Waals surface area (Å²) in [6.45, 7) is 1.80. The van der Waals surface area contributed by atoms with Gasteiger partial charge in [-0.25, -0.2) is 9.37 Å². The highest BCUT2D eigenvalue weighted by Gasteiger charge is 2.09. The van der Waals surface area contributed by atoms with Crippen LogP contribution in [0.2, 0.25) is 10.0 Å². The zero-order valence-electron chi connectivity index (χ0n) is 10.3. The Balaban J connectivity index is 2.36. The van der Waals surface area contributed by atoms with E-state index in [1.54, 1.807) is 26.1 Å². The second kappa shape index (κ2) is 5.59. The summed E-state index contributed by atoms with van der Waals surface area (Å²) < 4.78 is 13.6. The lowest BCUT2D eigenvalue weighted by Gasteiger charge is -2.10. The van der Waals surface area contributed by atoms with Crippen LogP contribution in [0.5, 0.6) is 0 Å². The molecule has 7 heteroatoms. The van der Waals surface area contributed by atoms with Crippen LogP contribution in [0.3, 0.4) is 0 Å². The van der Waals surface area contributed by atoms with Crippen molar-refractivity contribution in [1.82, 2.24) is 9.97 Å². The van der Waals surface area contributed by atoms with Gasteiger partial charge in [0, 0.05) is 22.8 Å². The molecule has 1 aromatic carbocycles. The fourth-order valence-corrected chi connectivity index (χ4v) is 1.92. The largest absolute Gasteiger partial charge is 0.357 e. The Labute approximate surface area is 120 Å². The molecule has 1 aromatic heterocycles. The van der Waals surface area contributed by atoms with Gasteiger partial charge in [-0.2, -0.15) is 4.98 Å².